The van der Waals surface area contributed by atoms with Gasteiger partial charge in [-0.2, -0.15) is 5.10 Å². The molecule has 1 aromatic heterocycles. The summed E-state index contributed by atoms with van der Waals surface area (Å²) in [6.07, 6.45) is 2.21. The zero-order valence-electron chi connectivity index (χ0n) is 14.0. The number of esters is 1. The minimum atomic E-state index is -0.404. The van der Waals surface area contributed by atoms with E-state index < -0.39 is 5.97 Å². The number of hydrogen-bond acceptors (Lipinski definition) is 5. The van der Waals surface area contributed by atoms with Gasteiger partial charge in [-0.15, -0.1) is 0 Å². The average molecular weight is 330 g/mol. The Labute approximate surface area is 141 Å². The van der Waals surface area contributed by atoms with Gasteiger partial charge < -0.3 is 14.2 Å². The molecule has 0 saturated carbocycles. The van der Waals surface area contributed by atoms with Crippen LogP contribution in [0.15, 0.2) is 30.3 Å². The number of carbonyl (C=O) groups is 1. The quantitative estimate of drug-likeness (QED) is 0.762. The number of carbonyl (C=O) groups excluding carboxylic acids is 1. The third kappa shape index (κ3) is 3.59. The van der Waals surface area contributed by atoms with E-state index in [0.29, 0.717) is 18.8 Å². The fourth-order valence-corrected chi connectivity index (χ4v) is 2.84. The summed E-state index contributed by atoms with van der Waals surface area (Å²) >= 11 is 0. The lowest BCUT2D eigenvalue weighted by molar-refractivity contribution is 0.0516. The van der Waals surface area contributed by atoms with Crippen LogP contribution in [0.4, 0.5) is 0 Å². The summed E-state index contributed by atoms with van der Waals surface area (Å²) in [6.45, 7) is 3.52. The van der Waals surface area contributed by atoms with Crippen molar-refractivity contribution in [1.29, 1.82) is 0 Å². The van der Waals surface area contributed by atoms with Crippen molar-refractivity contribution in [2.45, 2.75) is 32.4 Å². The number of aromatic nitrogens is 2. The maximum atomic E-state index is 12.0. The summed E-state index contributed by atoms with van der Waals surface area (Å²) in [6, 6.07) is 9.47. The number of ether oxygens (including phenoxy) is 3. The van der Waals surface area contributed by atoms with Crippen molar-refractivity contribution in [2.75, 3.05) is 20.3 Å². The molecule has 3 rings (SSSR count). The van der Waals surface area contributed by atoms with E-state index in [1.807, 2.05) is 28.9 Å². The Morgan fingerprint density at radius 2 is 2.17 bits per heavy atom. The van der Waals surface area contributed by atoms with Crippen LogP contribution in [0.25, 0.3) is 11.3 Å². The Kier molecular flexibility index (Phi) is 5.15. The fraction of sp³-hybridized carbons (Fsp3) is 0.444. The van der Waals surface area contributed by atoms with Crippen LogP contribution in [0, 0.1) is 0 Å². The second kappa shape index (κ2) is 7.49. The molecule has 6 nitrogen and oxygen atoms in total. The molecule has 1 atom stereocenters. The van der Waals surface area contributed by atoms with Gasteiger partial charge in [0.2, 0.25) is 0 Å². The van der Waals surface area contributed by atoms with Gasteiger partial charge in [0.15, 0.2) is 5.69 Å². The predicted octanol–water partition coefficient (Wildman–Crippen LogP) is 2.91. The summed E-state index contributed by atoms with van der Waals surface area (Å²) in [5, 5.41) is 4.44. The third-order valence-corrected chi connectivity index (χ3v) is 4.05. The molecule has 0 spiro atoms. The van der Waals surface area contributed by atoms with Gasteiger partial charge in [-0.05, 0) is 50.1 Å². The maximum absolute atomic E-state index is 12.0. The first-order valence-corrected chi connectivity index (χ1v) is 8.22. The Morgan fingerprint density at radius 1 is 1.38 bits per heavy atom. The normalized spacial score (nSPS) is 17.0. The van der Waals surface area contributed by atoms with Gasteiger partial charge in [0.1, 0.15) is 5.75 Å². The van der Waals surface area contributed by atoms with Gasteiger partial charge in [0.25, 0.3) is 0 Å². The number of rotatable bonds is 6. The zero-order chi connectivity index (χ0) is 16.9. The van der Waals surface area contributed by atoms with Gasteiger partial charge in [0, 0.05) is 12.2 Å². The maximum Gasteiger partial charge on any atom is 0.358 e. The van der Waals surface area contributed by atoms with Gasteiger partial charge in [-0.1, -0.05) is 0 Å². The summed E-state index contributed by atoms with van der Waals surface area (Å²) in [4.78, 5) is 12.0. The Bertz CT molecular complexity index is 688. The fourth-order valence-electron chi connectivity index (χ4n) is 2.84. The number of benzene rings is 1. The number of hydrogen-bond donors (Lipinski definition) is 0. The molecule has 2 heterocycles. The van der Waals surface area contributed by atoms with Crippen LogP contribution in [0.2, 0.25) is 0 Å². The SMILES string of the molecule is CCOC(=O)c1cc(-c2ccc(OC)cc2)n(CC2CCCO2)n1. The van der Waals surface area contributed by atoms with Crippen LogP contribution >= 0.6 is 0 Å². The lowest BCUT2D eigenvalue weighted by Gasteiger charge is -2.12. The smallest absolute Gasteiger partial charge is 0.358 e. The third-order valence-electron chi connectivity index (χ3n) is 4.05. The summed E-state index contributed by atoms with van der Waals surface area (Å²) in [5.41, 5.74) is 2.16. The average Bonchev–Trinajstić information content (AvgIpc) is 3.25. The highest BCUT2D eigenvalue weighted by molar-refractivity contribution is 5.88. The molecule has 1 unspecified atom stereocenters. The number of methoxy groups -OCH3 is 1. The monoisotopic (exact) mass is 330 g/mol. The molecule has 24 heavy (non-hydrogen) atoms. The van der Waals surface area contributed by atoms with Crippen LogP contribution in [-0.2, 0) is 16.0 Å². The van der Waals surface area contributed by atoms with E-state index in [1.54, 1.807) is 20.1 Å². The van der Waals surface area contributed by atoms with E-state index in [4.69, 9.17) is 14.2 Å². The standard InChI is InChI=1S/C18H22N2O4/c1-3-23-18(21)16-11-17(13-6-8-14(22-2)9-7-13)20(19-16)12-15-5-4-10-24-15/h6-9,11,15H,3-5,10,12H2,1-2H3. The van der Waals surface area contributed by atoms with E-state index in [1.165, 1.54) is 0 Å². The molecule has 1 aliphatic rings. The first-order chi connectivity index (χ1) is 11.7. The van der Waals surface area contributed by atoms with Crippen molar-refractivity contribution in [1.82, 2.24) is 9.78 Å². The molecule has 0 amide bonds. The lowest BCUT2D eigenvalue weighted by Crippen LogP contribution is -2.17. The highest BCUT2D eigenvalue weighted by Gasteiger charge is 2.21. The molecule has 6 heteroatoms. The van der Waals surface area contributed by atoms with Crippen molar-refractivity contribution >= 4 is 5.97 Å². The van der Waals surface area contributed by atoms with Crippen molar-refractivity contribution in [3.8, 4) is 17.0 Å². The first-order valence-electron chi connectivity index (χ1n) is 8.22. The van der Waals surface area contributed by atoms with E-state index in [2.05, 4.69) is 5.10 Å². The summed E-state index contributed by atoms with van der Waals surface area (Å²) in [5.74, 6) is 0.382. The molecule has 2 aromatic rings. The topological polar surface area (TPSA) is 62.6 Å². The van der Waals surface area contributed by atoms with Gasteiger partial charge in [0.05, 0.1) is 32.1 Å². The molecule has 128 valence electrons. The Balaban J connectivity index is 1.92. The second-order valence-corrected chi connectivity index (χ2v) is 5.68. The van der Waals surface area contributed by atoms with E-state index in [-0.39, 0.29) is 6.10 Å². The Morgan fingerprint density at radius 3 is 2.79 bits per heavy atom. The van der Waals surface area contributed by atoms with Crippen molar-refractivity contribution in [2.24, 2.45) is 0 Å². The first kappa shape index (κ1) is 16.5. The van der Waals surface area contributed by atoms with Crippen LogP contribution in [0.3, 0.4) is 0 Å². The van der Waals surface area contributed by atoms with E-state index in [0.717, 1.165) is 36.5 Å². The lowest BCUT2D eigenvalue weighted by atomic mass is 10.1. The predicted molar refractivity (Wildman–Crippen MR) is 89.1 cm³/mol. The molecule has 0 bridgehead atoms. The van der Waals surface area contributed by atoms with E-state index in [9.17, 15) is 4.79 Å². The minimum Gasteiger partial charge on any atom is -0.497 e. The van der Waals surface area contributed by atoms with Gasteiger partial charge in [-0.25, -0.2) is 4.79 Å². The molecule has 0 aliphatic carbocycles. The molecule has 0 radical (unpaired) electrons. The highest BCUT2D eigenvalue weighted by atomic mass is 16.5. The van der Waals surface area contributed by atoms with E-state index >= 15 is 0 Å². The molecule has 1 aromatic carbocycles. The molecule has 1 aliphatic heterocycles. The summed E-state index contributed by atoms with van der Waals surface area (Å²) < 4.78 is 17.8. The molecule has 1 saturated heterocycles. The van der Waals surface area contributed by atoms with Gasteiger partial charge in [-0.3, -0.25) is 4.68 Å². The zero-order valence-corrected chi connectivity index (χ0v) is 14.0. The highest BCUT2D eigenvalue weighted by Crippen LogP contribution is 2.25. The van der Waals surface area contributed by atoms with Crippen LogP contribution in [0.1, 0.15) is 30.3 Å². The van der Waals surface area contributed by atoms with Crippen molar-refractivity contribution in [3.63, 3.8) is 0 Å². The minimum absolute atomic E-state index is 0.136. The van der Waals surface area contributed by atoms with Crippen molar-refractivity contribution < 1.29 is 19.0 Å². The summed E-state index contributed by atoms with van der Waals surface area (Å²) in [7, 11) is 1.63. The molecular weight excluding hydrogens is 308 g/mol. The Hall–Kier alpha value is -2.34. The van der Waals surface area contributed by atoms with Crippen LogP contribution in [-0.4, -0.2) is 42.2 Å². The largest absolute Gasteiger partial charge is 0.497 e. The molecule has 1 fully saturated rings. The second-order valence-electron chi connectivity index (χ2n) is 5.68. The van der Waals surface area contributed by atoms with Gasteiger partial charge >= 0.3 is 5.97 Å². The molecule has 0 N–H and O–H groups in total. The number of nitrogens with zero attached hydrogens (tertiary/aromatic N) is 2. The molecular formula is C18H22N2O4. The van der Waals surface area contributed by atoms with Crippen LogP contribution < -0.4 is 4.74 Å². The van der Waals surface area contributed by atoms with Crippen LogP contribution in [0.5, 0.6) is 5.75 Å². The van der Waals surface area contributed by atoms with Crippen molar-refractivity contribution in [3.05, 3.63) is 36.0 Å².